The van der Waals surface area contributed by atoms with Gasteiger partial charge in [-0.1, -0.05) is 30.4 Å². The van der Waals surface area contributed by atoms with Crippen LogP contribution in [0.5, 0.6) is 0 Å². The van der Waals surface area contributed by atoms with Crippen molar-refractivity contribution in [3.8, 4) is 10.6 Å². The average molecular weight is 273 g/mol. The number of anilines is 1. The molecule has 0 aliphatic rings. The van der Waals surface area contributed by atoms with Crippen molar-refractivity contribution >= 4 is 27.9 Å². The van der Waals surface area contributed by atoms with Gasteiger partial charge in [-0.2, -0.15) is 9.61 Å². The minimum Gasteiger partial charge on any atom is -0.326 e. The van der Waals surface area contributed by atoms with Crippen LogP contribution in [0, 0.1) is 0 Å². The maximum absolute atomic E-state index is 11.4. The van der Waals surface area contributed by atoms with Crippen molar-refractivity contribution in [2.45, 2.75) is 13.3 Å². The second-order valence-electron chi connectivity index (χ2n) is 3.95. The number of fused-ring (bicyclic) bond motifs is 1. The molecule has 0 atom stereocenters. The number of carbonyl (C=O) groups is 1. The SMILES string of the molecule is CCC(=O)Nc1cccc(-c2nn3cnnc3s2)c1. The third kappa shape index (κ3) is 2.32. The molecule has 6 nitrogen and oxygen atoms in total. The minimum absolute atomic E-state index is 0.00436. The summed E-state index contributed by atoms with van der Waals surface area (Å²) in [6.07, 6.45) is 2.03. The van der Waals surface area contributed by atoms with E-state index in [4.69, 9.17) is 0 Å². The van der Waals surface area contributed by atoms with E-state index >= 15 is 0 Å². The molecule has 1 amide bonds. The van der Waals surface area contributed by atoms with Gasteiger partial charge in [0, 0.05) is 17.7 Å². The van der Waals surface area contributed by atoms with Gasteiger partial charge in [0.2, 0.25) is 10.9 Å². The van der Waals surface area contributed by atoms with Crippen molar-refractivity contribution in [1.29, 1.82) is 0 Å². The fourth-order valence-corrected chi connectivity index (χ4v) is 2.47. The molecule has 0 unspecified atom stereocenters. The number of aromatic nitrogens is 4. The van der Waals surface area contributed by atoms with Crippen LogP contribution in [0.15, 0.2) is 30.6 Å². The van der Waals surface area contributed by atoms with Gasteiger partial charge in [0.25, 0.3) is 0 Å². The van der Waals surface area contributed by atoms with Gasteiger partial charge in [-0.15, -0.1) is 10.2 Å². The van der Waals surface area contributed by atoms with Crippen molar-refractivity contribution in [2.75, 3.05) is 5.32 Å². The van der Waals surface area contributed by atoms with E-state index < -0.39 is 0 Å². The van der Waals surface area contributed by atoms with E-state index in [1.54, 1.807) is 10.8 Å². The Hall–Kier alpha value is -2.28. The van der Waals surface area contributed by atoms with Gasteiger partial charge in [0.05, 0.1) is 0 Å². The lowest BCUT2D eigenvalue weighted by atomic mass is 10.2. The molecule has 0 spiro atoms. The van der Waals surface area contributed by atoms with E-state index in [1.807, 2.05) is 31.2 Å². The Morgan fingerprint density at radius 1 is 1.47 bits per heavy atom. The van der Waals surface area contributed by atoms with Gasteiger partial charge in [-0.25, -0.2) is 0 Å². The molecule has 0 bridgehead atoms. The smallest absolute Gasteiger partial charge is 0.234 e. The molecule has 3 aromatic rings. The largest absolute Gasteiger partial charge is 0.326 e. The summed E-state index contributed by atoms with van der Waals surface area (Å²) in [5.41, 5.74) is 1.72. The summed E-state index contributed by atoms with van der Waals surface area (Å²) in [6.45, 7) is 1.82. The van der Waals surface area contributed by atoms with E-state index in [0.717, 1.165) is 21.2 Å². The molecule has 1 aromatic carbocycles. The van der Waals surface area contributed by atoms with Gasteiger partial charge in [-0.05, 0) is 12.1 Å². The van der Waals surface area contributed by atoms with Crippen molar-refractivity contribution in [3.05, 3.63) is 30.6 Å². The molecule has 7 heteroatoms. The second kappa shape index (κ2) is 4.77. The first-order valence-corrected chi connectivity index (χ1v) is 6.65. The van der Waals surface area contributed by atoms with Gasteiger partial charge >= 0.3 is 0 Å². The molecule has 0 fully saturated rings. The molecule has 96 valence electrons. The molecule has 0 radical (unpaired) electrons. The monoisotopic (exact) mass is 273 g/mol. The third-order valence-electron chi connectivity index (χ3n) is 2.60. The number of rotatable bonds is 3. The number of carbonyl (C=O) groups excluding carboxylic acids is 1. The highest BCUT2D eigenvalue weighted by atomic mass is 32.1. The molecule has 2 heterocycles. The quantitative estimate of drug-likeness (QED) is 0.794. The number of hydrogen-bond acceptors (Lipinski definition) is 5. The van der Waals surface area contributed by atoms with Crippen LogP contribution in [0.3, 0.4) is 0 Å². The summed E-state index contributed by atoms with van der Waals surface area (Å²) in [5, 5.41) is 15.8. The molecule has 2 aromatic heterocycles. The molecule has 0 aliphatic heterocycles. The number of nitrogens with zero attached hydrogens (tertiary/aromatic N) is 4. The summed E-state index contributed by atoms with van der Waals surface area (Å²) in [7, 11) is 0. The van der Waals surface area contributed by atoms with E-state index in [1.165, 1.54) is 11.3 Å². The van der Waals surface area contributed by atoms with Crippen LogP contribution in [0.1, 0.15) is 13.3 Å². The normalized spacial score (nSPS) is 10.8. The first-order chi connectivity index (χ1) is 9.26. The molecular formula is C12H11N5OS. The highest BCUT2D eigenvalue weighted by Crippen LogP contribution is 2.26. The Morgan fingerprint density at radius 3 is 3.16 bits per heavy atom. The zero-order valence-corrected chi connectivity index (χ0v) is 11.0. The Bertz CT molecular complexity index is 704. The zero-order chi connectivity index (χ0) is 13.2. The minimum atomic E-state index is -0.00436. The first kappa shape index (κ1) is 11.8. The maximum atomic E-state index is 11.4. The molecule has 3 rings (SSSR count). The lowest BCUT2D eigenvalue weighted by molar-refractivity contribution is -0.115. The standard InChI is InChI=1S/C12H11N5OS/c1-2-10(18)14-9-5-3-4-8(6-9)11-16-17-7-13-15-12(17)19-11/h3-7H,2H2,1H3,(H,14,18). The number of benzene rings is 1. The van der Waals surface area contributed by atoms with Crippen LogP contribution >= 0.6 is 11.3 Å². The molecule has 19 heavy (non-hydrogen) atoms. The molecule has 0 aliphatic carbocycles. The van der Waals surface area contributed by atoms with Gasteiger partial charge in [-0.3, -0.25) is 4.79 Å². The van der Waals surface area contributed by atoms with E-state index in [0.29, 0.717) is 6.42 Å². The van der Waals surface area contributed by atoms with Gasteiger partial charge in [0.15, 0.2) is 0 Å². The Morgan fingerprint density at radius 2 is 2.37 bits per heavy atom. The van der Waals surface area contributed by atoms with E-state index in [-0.39, 0.29) is 5.91 Å². The zero-order valence-electron chi connectivity index (χ0n) is 10.2. The maximum Gasteiger partial charge on any atom is 0.234 e. The fourth-order valence-electron chi connectivity index (χ4n) is 1.66. The van der Waals surface area contributed by atoms with E-state index in [9.17, 15) is 4.79 Å². The van der Waals surface area contributed by atoms with Crippen molar-refractivity contribution < 1.29 is 4.79 Å². The lowest BCUT2D eigenvalue weighted by Crippen LogP contribution is -2.09. The van der Waals surface area contributed by atoms with Crippen LogP contribution < -0.4 is 5.32 Å². The highest BCUT2D eigenvalue weighted by molar-refractivity contribution is 7.19. The topological polar surface area (TPSA) is 72.2 Å². The number of nitrogens with one attached hydrogen (secondary N) is 1. The van der Waals surface area contributed by atoms with E-state index in [2.05, 4.69) is 20.6 Å². The fraction of sp³-hybridized carbons (Fsp3) is 0.167. The average Bonchev–Trinajstić information content (AvgIpc) is 2.99. The van der Waals surface area contributed by atoms with Crippen LogP contribution in [0.25, 0.3) is 15.5 Å². The predicted octanol–water partition coefficient (Wildman–Crippen LogP) is 2.20. The Labute approximate surface area is 113 Å². The first-order valence-electron chi connectivity index (χ1n) is 5.83. The summed E-state index contributed by atoms with van der Waals surface area (Å²) in [4.78, 5) is 12.1. The van der Waals surface area contributed by atoms with Crippen LogP contribution in [-0.4, -0.2) is 25.7 Å². The third-order valence-corrected chi connectivity index (χ3v) is 3.56. The van der Waals surface area contributed by atoms with Crippen LogP contribution in [0.2, 0.25) is 0 Å². The number of hydrogen-bond donors (Lipinski definition) is 1. The number of amides is 1. The summed E-state index contributed by atoms with van der Waals surface area (Å²) < 4.78 is 1.64. The Balaban J connectivity index is 1.94. The highest BCUT2D eigenvalue weighted by Gasteiger charge is 2.08. The summed E-state index contributed by atoms with van der Waals surface area (Å²) in [6, 6.07) is 7.60. The van der Waals surface area contributed by atoms with Gasteiger partial charge in [0.1, 0.15) is 11.3 Å². The molecule has 0 saturated heterocycles. The second-order valence-corrected chi connectivity index (χ2v) is 4.90. The molecule has 0 saturated carbocycles. The summed E-state index contributed by atoms with van der Waals surface area (Å²) in [5.74, 6) is -0.00436. The van der Waals surface area contributed by atoms with Crippen molar-refractivity contribution in [1.82, 2.24) is 19.8 Å². The van der Waals surface area contributed by atoms with Crippen LogP contribution in [-0.2, 0) is 4.79 Å². The van der Waals surface area contributed by atoms with Gasteiger partial charge < -0.3 is 5.32 Å². The lowest BCUT2D eigenvalue weighted by Gasteiger charge is -2.04. The van der Waals surface area contributed by atoms with Crippen molar-refractivity contribution in [3.63, 3.8) is 0 Å². The summed E-state index contributed by atoms with van der Waals surface area (Å²) >= 11 is 1.46. The molecule has 1 N–H and O–H groups in total. The van der Waals surface area contributed by atoms with Crippen molar-refractivity contribution in [2.24, 2.45) is 0 Å². The Kier molecular flexibility index (Phi) is 2.96. The molecular weight excluding hydrogens is 262 g/mol. The predicted molar refractivity (Wildman–Crippen MR) is 73.0 cm³/mol. The van der Waals surface area contributed by atoms with Crippen LogP contribution in [0.4, 0.5) is 5.69 Å².